The van der Waals surface area contributed by atoms with Crippen molar-refractivity contribution in [2.75, 3.05) is 13.1 Å². The fourth-order valence-corrected chi connectivity index (χ4v) is 3.71. The van der Waals surface area contributed by atoms with Crippen molar-refractivity contribution >= 4 is 0 Å². The van der Waals surface area contributed by atoms with Crippen molar-refractivity contribution in [1.82, 2.24) is 10.2 Å². The van der Waals surface area contributed by atoms with Crippen LogP contribution < -0.4 is 5.32 Å². The molecule has 0 radical (unpaired) electrons. The monoisotopic (exact) mass is 238 g/mol. The highest BCUT2D eigenvalue weighted by molar-refractivity contribution is 4.95. The molecule has 2 aliphatic rings. The zero-order valence-electron chi connectivity index (χ0n) is 11.9. The summed E-state index contributed by atoms with van der Waals surface area (Å²) in [5, 5.41) is 3.75. The molecule has 2 saturated heterocycles. The summed E-state index contributed by atoms with van der Waals surface area (Å²) in [5.41, 5.74) is 0. The largest absolute Gasteiger partial charge is 0.314 e. The Hall–Kier alpha value is -0.0800. The normalized spacial score (nSPS) is 34.2. The fraction of sp³-hybridized carbons (Fsp3) is 1.00. The van der Waals surface area contributed by atoms with Crippen molar-refractivity contribution in [3.8, 4) is 0 Å². The highest BCUT2D eigenvalue weighted by Crippen LogP contribution is 2.34. The lowest BCUT2D eigenvalue weighted by molar-refractivity contribution is 0.0158. The van der Waals surface area contributed by atoms with Gasteiger partial charge in [-0.15, -0.1) is 0 Å². The Kier molecular flexibility index (Phi) is 4.87. The van der Waals surface area contributed by atoms with Gasteiger partial charge in [0.25, 0.3) is 0 Å². The van der Waals surface area contributed by atoms with Crippen LogP contribution in [0.2, 0.25) is 0 Å². The van der Waals surface area contributed by atoms with Gasteiger partial charge >= 0.3 is 0 Å². The van der Waals surface area contributed by atoms with Gasteiger partial charge in [0.2, 0.25) is 0 Å². The van der Waals surface area contributed by atoms with E-state index in [-0.39, 0.29) is 0 Å². The Morgan fingerprint density at radius 3 is 2.35 bits per heavy atom. The zero-order chi connectivity index (χ0) is 12.3. The fourth-order valence-electron chi connectivity index (χ4n) is 3.71. The number of nitrogens with one attached hydrogen (secondary N) is 1. The van der Waals surface area contributed by atoms with Crippen LogP contribution in [0.1, 0.15) is 59.3 Å². The number of hydrogen-bond donors (Lipinski definition) is 1. The molecule has 1 N–H and O–H groups in total. The van der Waals surface area contributed by atoms with E-state index in [9.17, 15) is 0 Å². The average Bonchev–Trinajstić information content (AvgIpc) is 2.26. The molecule has 0 aromatic carbocycles. The molecule has 0 spiro atoms. The maximum atomic E-state index is 3.75. The molecule has 0 aromatic rings. The molecule has 2 bridgehead atoms. The van der Waals surface area contributed by atoms with Crippen molar-refractivity contribution in [2.45, 2.75) is 77.4 Å². The molecule has 2 heteroatoms. The molecular weight excluding hydrogens is 208 g/mol. The van der Waals surface area contributed by atoms with Gasteiger partial charge in [-0.05, 0) is 44.6 Å². The summed E-state index contributed by atoms with van der Waals surface area (Å²) in [6.45, 7) is 9.50. The van der Waals surface area contributed by atoms with Crippen LogP contribution in [-0.4, -0.2) is 36.1 Å². The first-order chi connectivity index (χ1) is 8.20. The molecule has 0 saturated carbocycles. The third kappa shape index (κ3) is 3.45. The van der Waals surface area contributed by atoms with Crippen LogP contribution in [0.15, 0.2) is 0 Å². The molecule has 2 heterocycles. The van der Waals surface area contributed by atoms with Crippen molar-refractivity contribution in [1.29, 1.82) is 0 Å². The topological polar surface area (TPSA) is 15.3 Å². The predicted octanol–water partition coefficient (Wildman–Crippen LogP) is 3.03. The molecular formula is C15H30N2. The van der Waals surface area contributed by atoms with Gasteiger partial charge in [-0.3, -0.25) is 4.90 Å². The number of piperidine rings is 2. The van der Waals surface area contributed by atoms with Crippen LogP contribution in [-0.2, 0) is 0 Å². The van der Waals surface area contributed by atoms with E-state index >= 15 is 0 Å². The molecule has 0 aliphatic carbocycles. The smallest absolute Gasteiger partial charge is 0.0113 e. The molecule has 2 rings (SSSR count). The molecule has 2 aliphatic heterocycles. The third-order valence-electron chi connectivity index (χ3n) is 4.38. The highest BCUT2D eigenvalue weighted by Gasteiger charge is 2.37. The van der Waals surface area contributed by atoms with E-state index < -0.39 is 0 Å². The van der Waals surface area contributed by atoms with E-state index in [2.05, 4.69) is 31.0 Å². The van der Waals surface area contributed by atoms with Crippen molar-refractivity contribution in [2.24, 2.45) is 5.92 Å². The molecule has 100 valence electrons. The van der Waals surface area contributed by atoms with E-state index in [1.54, 1.807) is 0 Å². The Labute approximate surface area is 107 Å². The summed E-state index contributed by atoms with van der Waals surface area (Å²) in [6, 6.07) is 2.55. The summed E-state index contributed by atoms with van der Waals surface area (Å²) >= 11 is 0. The Balaban J connectivity index is 1.91. The minimum Gasteiger partial charge on any atom is -0.314 e. The van der Waals surface area contributed by atoms with Gasteiger partial charge < -0.3 is 5.32 Å². The molecule has 0 amide bonds. The van der Waals surface area contributed by atoms with Gasteiger partial charge in [-0.2, -0.15) is 0 Å². The number of rotatable bonds is 5. The summed E-state index contributed by atoms with van der Waals surface area (Å²) < 4.78 is 0. The number of nitrogens with zero attached hydrogens (tertiary/aromatic N) is 1. The van der Waals surface area contributed by atoms with Gasteiger partial charge in [0.1, 0.15) is 0 Å². The van der Waals surface area contributed by atoms with Crippen LogP contribution >= 0.6 is 0 Å². The second kappa shape index (κ2) is 6.19. The third-order valence-corrected chi connectivity index (χ3v) is 4.38. The molecule has 2 nitrogen and oxygen atoms in total. The molecule has 0 aromatic heterocycles. The number of fused-ring (bicyclic) bond motifs is 2. The lowest BCUT2D eigenvalue weighted by Gasteiger charge is -2.49. The lowest BCUT2D eigenvalue weighted by Crippen LogP contribution is -2.57. The van der Waals surface area contributed by atoms with Crippen LogP contribution in [0.3, 0.4) is 0 Å². The minimum atomic E-state index is 0.800. The molecule has 2 atom stereocenters. The minimum absolute atomic E-state index is 0.800. The van der Waals surface area contributed by atoms with Crippen LogP contribution in [0.5, 0.6) is 0 Å². The van der Waals surface area contributed by atoms with Crippen LogP contribution in [0, 0.1) is 5.92 Å². The first-order valence-corrected chi connectivity index (χ1v) is 7.69. The first kappa shape index (κ1) is 13.4. The van der Waals surface area contributed by atoms with Crippen molar-refractivity contribution < 1.29 is 0 Å². The van der Waals surface area contributed by atoms with Crippen molar-refractivity contribution in [3.05, 3.63) is 0 Å². The Morgan fingerprint density at radius 2 is 1.82 bits per heavy atom. The first-order valence-electron chi connectivity index (χ1n) is 7.69. The maximum Gasteiger partial charge on any atom is 0.0113 e. The van der Waals surface area contributed by atoms with E-state index in [1.165, 1.54) is 51.6 Å². The predicted molar refractivity (Wildman–Crippen MR) is 74.3 cm³/mol. The van der Waals surface area contributed by atoms with E-state index in [0.29, 0.717) is 0 Å². The molecule has 2 unspecified atom stereocenters. The maximum absolute atomic E-state index is 3.75. The van der Waals surface area contributed by atoms with Gasteiger partial charge in [-0.25, -0.2) is 0 Å². The molecule has 17 heavy (non-hydrogen) atoms. The zero-order valence-corrected chi connectivity index (χ0v) is 11.9. The summed E-state index contributed by atoms with van der Waals surface area (Å²) in [4.78, 5) is 2.83. The van der Waals surface area contributed by atoms with Gasteiger partial charge in [-0.1, -0.05) is 27.2 Å². The second-order valence-electron chi connectivity index (χ2n) is 6.45. The summed E-state index contributed by atoms with van der Waals surface area (Å²) in [7, 11) is 0. The highest BCUT2D eigenvalue weighted by atomic mass is 15.2. The van der Waals surface area contributed by atoms with Gasteiger partial charge in [0, 0.05) is 24.7 Å². The van der Waals surface area contributed by atoms with Gasteiger partial charge in [0.05, 0.1) is 0 Å². The summed E-state index contributed by atoms with van der Waals surface area (Å²) in [5.74, 6) is 0.818. The van der Waals surface area contributed by atoms with E-state index in [0.717, 1.165) is 24.0 Å². The van der Waals surface area contributed by atoms with E-state index in [4.69, 9.17) is 0 Å². The molecule has 2 fully saturated rings. The van der Waals surface area contributed by atoms with E-state index in [1.807, 2.05) is 0 Å². The quantitative estimate of drug-likeness (QED) is 0.792. The SMILES string of the molecule is CCCNC1CC2CCCC(C1)N2CC(C)C. The average molecular weight is 238 g/mol. The second-order valence-corrected chi connectivity index (χ2v) is 6.45. The van der Waals surface area contributed by atoms with Crippen LogP contribution in [0.25, 0.3) is 0 Å². The van der Waals surface area contributed by atoms with Crippen LogP contribution in [0.4, 0.5) is 0 Å². The lowest BCUT2D eigenvalue weighted by atomic mass is 9.81. The summed E-state index contributed by atoms with van der Waals surface area (Å²) in [6.07, 6.45) is 8.39. The van der Waals surface area contributed by atoms with Gasteiger partial charge in [0.15, 0.2) is 0 Å². The number of hydrogen-bond acceptors (Lipinski definition) is 2. The van der Waals surface area contributed by atoms with Crippen molar-refractivity contribution in [3.63, 3.8) is 0 Å². The standard InChI is InChI=1S/C15H30N2/c1-4-8-16-13-9-14-6-5-7-15(10-13)17(14)11-12(2)3/h12-16H,4-11H2,1-3H3. The Morgan fingerprint density at radius 1 is 1.18 bits per heavy atom. The Bertz CT molecular complexity index is 213.